The molecule has 0 amide bonds. The second kappa shape index (κ2) is 9.10. The van der Waals surface area contributed by atoms with E-state index in [1.165, 1.54) is 0 Å². The molecule has 0 fully saturated rings. The minimum absolute atomic E-state index is 0.788. The van der Waals surface area contributed by atoms with Crippen molar-refractivity contribution in [1.82, 2.24) is 4.98 Å². The van der Waals surface area contributed by atoms with Gasteiger partial charge in [0, 0.05) is 56.2 Å². The molecule has 1 N–H and O–H groups in total. The smallest absolute Gasteiger partial charge is 0.136 e. The largest absolute Gasteiger partial charge is 0.464 e. The minimum Gasteiger partial charge on any atom is -0.464 e. The number of furan rings is 3. The first-order valence-corrected chi connectivity index (χ1v) is 14.3. The number of anilines is 2. The Hall–Kier alpha value is -5.81. The maximum atomic E-state index is 6.38. The van der Waals surface area contributed by atoms with Gasteiger partial charge >= 0.3 is 0 Å². The highest BCUT2D eigenvalue weighted by Crippen LogP contribution is 2.52. The second-order valence-corrected chi connectivity index (χ2v) is 10.9. The summed E-state index contributed by atoms with van der Waals surface area (Å²) in [5, 5.41) is 5.99. The Morgan fingerprint density at radius 2 is 1.33 bits per heavy atom. The normalized spacial score (nSPS) is 12.0. The van der Waals surface area contributed by atoms with Gasteiger partial charge in [-0.25, -0.2) is 0 Å². The average molecular weight is 557 g/mol. The van der Waals surface area contributed by atoms with E-state index in [2.05, 4.69) is 65.8 Å². The number of pyridine rings is 1. The van der Waals surface area contributed by atoms with E-state index in [0.717, 1.165) is 95.0 Å². The molecule has 0 aliphatic carbocycles. The van der Waals surface area contributed by atoms with Crippen molar-refractivity contribution in [2.75, 3.05) is 5.32 Å². The van der Waals surface area contributed by atoms with Crippen LogP contribution in [0, 0.1) is 6.92 Å². The monoisotopic (exact) mass is 556 g/mol. The van der Waals surface area contributed by atoms with Gasteiger partial charge in [0.1, 0.15) is 22.7 Å². The molecule has 1 aliphatic heterocycles. The van der Waals surface area contributed by atoms with Crippen LogP contribution in [0.25, 0.3) is 78.1 Å². The number of hydrogen-bond donors (Lipinski definition) is 1. The lowest BCUT2D eigenvalue weighted by Crippen LogP contribution is -2.05. The molecule has 0 saturated carbocycles. The molecule has 43 heavy (non-hydrogen) atoms. The number of fused-ring (bicyclic) bond motifs is 9. The standard InChI is InChI=1S/C38H24N2O3/c1-22-37-26-18-23(30-9-4-5-15-39-30)13-14-31(26)40-32-20-25-24-8-2-3-10-35(24)43-36(25)21-27(32)38(22)29(34-12-7-17-42-34)19-28(37)33-11-6-16-41-33/h2-21,40H,1H3. The Bertz CT molecular complexity index is 2310. The van der Waals surface area contributed by atoms with Crippen LogP contribution < -0.4 is 5.32 Å². The number of hydrogen-bond acceptors (Lipinski definition) is 5. The van der Waals surface area contributed by atoms with Gasteiger partial charge in [-0.05, 0) is 96.4 Å². The van der Waals surface area contributed by atoms with Crippen LogP contribution in [0.15, 0.2) is 135 Å². The third-order valence-corrected chi connectivity index (χ3v) is 8.46. The van der Waals surface area contributed by atoms with Crippen LogP contribution in [-0.2, 0) is 0 Å². The lowest BCUT2D eigenvalue weighted by molar-refractivity contribution is 0.580. The van der Waals surface area contributed by atoms with Crippen LogP contribution in [0.2, 0.25) is 0 Å². The van der Waals surface area contributed by atoms with Gasteiger partial charge in [-0.15, -0.1) is 0 Å². The zero-order valence-corrected chi connectivity index (χ0v) is 23.2. The second-order valence-electron chi connectivity index (χ2n) is 10.9. The first-order valence-electron chi connectivity index (χ1n) is 14.3. The average Bonchev–Trinajstić information content (AvgIpc) is 3.83. The molecule has 0 saturated heterocycles. The van der Waals surface area contributed by atoms with Gasteiger partial charge in [0.25, 0.3) is 0 Å². The highest BCUT2D eigenvalue weighted by molar-refractivity contribution is 6.11. The van der Waals surface area contributed by atoms with Crippen molar-refractivity contribution in [1.29, 1.82) is 0 Å². The molecule has 0 spiro atoms. The van der Waals surface area contributed by atoms with E-state index in [0.29, 0.717) is 0 Å². The van der Waals surface area contributed by atoms with Gasteiger partial charge in [-0.2, -0.15) is 0 Å². The van der Waals surface area contributed by atoms with Crippen molar-refractivity contribution in [2.24, 2.45) is 0 Å². The van der Waals surface area contributed by atoms with Gasteiger partial charge in [0.2, 0.25) is 0 Å². The molecule has 5 heteroatoms. The quantitative estimate of drug-likeness (QED) is 0.234. The van der Waals surface area contributed by atoms with Crippen LogP contribution >= 0.6 is 0 Å². The summed E-state index contributed by atoms with van der Waals surface area (Å²) in [6.07, 6.45) is 5.27. The fraction of sp³-hybridized carbons (Fsp3) is 0.0263. The van der Waals surface area contributed by atoms with E-state index in [4.69, 9.17) is 13.3 Å². The number of rotatable bonds is 3. The predicted molar refractivity (Wildman–Crippen MR) is 171 cm³/mol. The number of aromatic nitrogens is 1. The first kappa shape index (κ1) is 23.9. The summed E-state index contributed by atoms with van der Waals surface area (Å²) in [4.78, 5) is 4.64. The molecular weight excluding hydrogens is 532 g/mol. The molecule has 0 unspecified atom stereocenters. The minimum atomic E-state index is 0.788. The Kier molecular flexibility index (Phi) is 5.05. The summed E-state index contributed by atoms with van der Waals surface area (Å²) in [5.41, 5.74) is 13.1. The SMILES string of the molecule is Cc1c2c(-c3ccco3)cc(-c3ccco3)c1-c1cc3oc4ccccc4c3cc1Nc1ccc(-c3ccccn3)cc1-2. The van der Waals surface area contributed by atoms with E-state index in [-0.39, 0.29) is 0 Å². The molecule has 2 bridgehead atoms. The van der Waals surface area contributed by atoms with Crippen LogP contribution in [0.5, 0.6) is 0 Å². The zero-order valence-electron chi connectivity index (χ0n) is 23.2. The van der Waals surface area contributed by atoms with Crippen LogP contribution in [-0.4, -0.2) is 4.98 Å². The number of nitrogens with zero attached hydrogens (tertiary/aromatic N) is 1. The van der Waals surface area contributed by atoms with E-state index in [1.54, 1.807) is 12.5 Å². The Labute approximate surface area is 247 Å². The van der Waals surface area contributed by atoms with Crippen molar-refractivity contribution < 1.29 is 13.3 Å². The maximum Gasteiger partial charge on any atom is 0.136 e. The summed E-state index contributed by atoms with van der Waals surface area (Å²) in [6.45, 7) is 2.19. The number of nitrogens with one attached hydrogen (secondary N) is 1. The maximum absolute atomic E-state index is 6.38. The molecule has 9 rings (SSSR count). The molecule has 8 aromatic rings. The van der Waals surface area contributed by atoms with Gasteiger partial charge in [0.15, 0.2) is 0 Å². The third kappa shape index (κ3) is 3.61. The molecule has 5 heterocycles. The van der Waals surface area contributed by atoms with Crippen molar-refractivity contribution in [3.63, 3.8) is 0 Å². The van der Waals surface area contributed by atoms with Gasteiger partial charge in [-0.1, -0.05) is 30.3 Å². The summed E-state index contributed by atoms with van der Waals surface area (Å²) >= 11 is 0. The lowest BCUT2D eigenvalue weighted by Gasteiger charge is -2.27. The summed E-state index contributed by atoms with van der Waals surface area (Å²) in [5.74, 6) is 1.58. The summed E-state index contributed by atoms with van der Waals surface area (Å²) in [6, 6.07) is 35.1. The molecule has 0 atom stereocenters. The van der Waals surface area contributed by atoms with Crippen LogP contribution in [0.3, 0.4) is 0 Å². The summed E-state index contributed by atoms with van der Waals surface area (Å²) in [7, 11) is 0. The first-order chi connectivity index (χ1) is 21.2. The Balaban J connectivity index is 1.43. The highest BCUT2D eigenvalue weighted by atomic mass is 16.3. The number of benzene rings is 4. The molecule has 4 aromatic carbocycles. The van der Waals surface area contributed by atoms with Gasteiger partial charge in [-0.3, -0.25) is 4.98 Å². The molecular formula is C38H24N2O3. The molecule has 5 nitrogen and oxygen atoms in total. The van der Waals surface area contributed by atoms with E-state index >= 15 is 0 Å². The van der Waals surface area contributed by atoms with Gasteiger partial charge in [0.05, 0.1) is 18.2 Å². The van der Waals surface area contributed by atoms with E-state index in [1.807, 2.05) is 60.8 Å². The van der Waals surface area contributed by atoms with Crippen LogP contribution in [0.1, 0.15) is 5.56 Å². The van der Waals surface area contributed by atoms with Crippen LogP contribution in [0.4, 0.5) is 11.4 Å². The fourth-order valence-electron chi connectivity index (χ4n) is 6.54. The van der Waals surface area contributed by atoms with Crippen molar-refractivity contribution in [3.8, 4) is 56.2 Å². The third-order valence-electron chi connectivity index (χ3n) is 8.46. The Morgan fingerprint density at radius 3 is 2.05 bits per heavy atom. The predicted octanol–water partition coefficient (Wildman–Crippen LogP) is 10.9. The Morgan fingerprint density at radius 1 is 0.581 bits per heavy atom. The highest BCUT2D eigenvalue weighted by Gasteiger charge is 2.28. The molecule has 204 valence electrons. The van der Waals surface area contributed by atoms with E-state index in [9.17, 15) is 0 Å². The molecule has 4 aromatic heterocycles. The topological polar surface area (TPSA) is 64.3 Å². The molecule has 1 aliphatic rings. The van der Waals surface area contributed by atoms with Gasteiger partial charge < -0.3 is 18.6 Å². The fourth-order valence-corrected chi connectivity index (χ4v) is 6.54. The molecule has 0 radical (unpaired) electrons. The van der Waals surface area contributed by atoms with E-state index < -0.39 is 0 Å². The van der Waals surface area contributed by atoms with Crippen molar-refractivity contribution in [3.05, 3.63) is 127 Å². The van der Waals surface area contributed by atoms with Crippen molar-refractivity contribution >= 4 is 33.3 Å². The lowest BCUT2D eigenvalue weighted by atomic mass is 9.81. The summed E-state index contributed by atoms with van der Waals surface area (Å²) < 4.78 is 18.5. The van der Waals surface area contributed by atoms with Crippen molar-refractivity contribution in [2.45, 2.75) is 6.92 Å². The number of para-hydroxylation sites is 1. The zero-order chi connectivity index (χ0) is 28.5.